The molecule has 1 aliphatic carbocycles. The highest BCUT2D eigenvalue weighted by molar-refractivity contribution is 5.79. The van der Waals surface area contributed by atoms with Crippen LogP contribution >= 0.6 is 0 Å². The van der Waals surface area contributed by atoms with Gasteiger partial charge in [0.1, 0.15) is 5.78 Å². The molecule has 78 valence electrons. The minimum absolute atomic E-state index is 0.125. The SMILES string of the molecule is CC1(C)CCC(=O)CC1.OCCO. The summed E-state index contributed by atoms with van der Waals surface area (Å²) in [4.78, 5) is 10.8. The van der Waals surface area contributed by atoms with Crippen molar-refractivity contribution in [2.75, 3.05) is 13.2 Å². The quantitative estimate of drug-likeness (QED) is 0.648. The lowest BCUT2D eigenvalue weighted by molar-refractivity contribution is -0.121. The van der Waals surface area contributed by atoms with Gasteiger partial charge in [0, 0.05) is 12.8 Å². The zero-order chi connectivity index (χ0) is 10.3. The molecule has 1 saturated carbocycles. The number of rotatable bonds is 1. The Balaban J connectivity index is 0.000000310. The molecule has 1 fully saturated rings. The molecule has 0 aromatic rings. The predicted octanol–water partition coefficient (Wildman–Crippen LogP) is 1.13. The van der Waals surface area contributed by atoms with Gasteiger partial charge in [0.05, 0.1) is 13.2 Å². The van der Waals surface area contributed by atoms with E-state index in [9.17, 15) is 4.79 Å². The molecule has 0 heterocycles. The van der Waals surface area contributed by atoms with Crippen LogP contribution in [0.3, 0.4) is 0 Å². The van der Waals surface area contributed by atoms with Crippen molar-refractivity contribution in [3.63, 3.8) is 0 Å². The van der Waals surface area contributed by atoms with Crippen molar-refractivity contribution in [3.8, 4) is 0 Å². The highest BCUT2D eigenvalue weighted by atomic mass is 16.3. The van der Waals surface area contributed by atoms with E-state index >= 15 is 0 Å². The van der Waals surface area contributed by atoms with Crippen molar-refractivity contribution in [2.45, 2.75) is 39.5 Å². The summed E-state index contributed by atoms with van der Waals surface area (Å²) >= 11 is 0. The van der Waals surface area contributed by atoms with Gasteiger partial charge in [-0.1, -0.05) is 13.8 Å². The van der Waals surface area contributed by atoms with E-state index in [4.69, 9.17) is 10.2 Å². The first kappa shape index (κ1) is 12.6. The molecular formula is C10H20O3. The van der Waals surface area contributed by atoms with Crippen LogP contribution in [0, 0.1) is 5.41 Å². The van der Waals surface area contributed by atoms with Gasteiger partial charge in [0.2, 0.25) is 0 Å². The van der Waals surface area contributed by atoms with E-state index in [0.29, 0.717) is 11.2 Å². The fourth-order valence-corrected chi connectivity index (χ4v) is 1.21. The third-order valence-corrected chi connectivity index (χ3v) is 2.26. The van der Waals surface area contributed by atoms with E-state index in [1.54, 1.807) is 0 Å². The van der Waals surface area contributed by atoms with Gasteiger partial charge in [-0.05, 0) is 18.3 Å². The number of carbonyl (C=O) groups excluding carboxylic acids is 1. The minimum Gasteiger partial charge on any atom is -0.394 e. The Labute approximate surface area is 79.8 Å². The van der Waals surface area contributed by atoms with Gasteiger partial charge < -0.3 is 10.2 Å². The summed E-state index contributed by atoms with van der Waals surface area (Å²) in [5, 5.41) is 15.2. The second-order valence-electron chi connectivity index (χ2n) is 4.15. The van der Waals surface area contributed by atoms with Crippen LogP contribution in [0.2, 0.25) is 0 Å². The molecule has 0 saturated heterocycles. The first-order valence-electron chi connectivity index (χ1n) is 4.75. The molecule has 3 heteroatoms. The van der Waals surface area contributed by atoms with Crippen LogP contribution in [-0.4, -0.2) is 29.2 Å². The van der Waals surface area contributed by atoms with Gasteiger partial charge in [-0.15, -0.1) is 0 Å². The Morgan fingerprint density at radius 1 is 1.15 bits per heavy atom. The van der Waals surface area contributed by atoms with Gasteiger partial charge in [0.15, 0.2) is 0 Å². The monoisotopic (exact) mass is 188 g/mol. The summed E-state index contributed by atoms with van der Waals surface area (Å²) in [7, 11) is 0. The lowest BCUT2D eigenvalue weighted by Crippen LogP contribution is -2.20. The molecule has 1 aliphatic rings. The molecule has 2 N–H and O–H groups in total. The Bertz CT molecular complexity index is 138. The molecule has 1 rings (SSSR count). The maximum absolute atomic E-state index is 10.8. The van der Waals surface area contributed by atoms with Crippen LogP contribution in [-0.2, 0) is 4.79 Å². The maximum Gasteiger partial charge on any atom is 0.132 e. The molecule has 0 spiro atoms. The van der Waals surface area contributed by atoms with Gasteiger partial charge in [-0.3, -0.25) is 4.79 Å². The Morgan fingerprint density at radius 3 is 1.77 bits per heavy atom. The zero-order valence-electron chi connectivity index (χ0n) is 8.55. The van der Waals surface area contributed by atoms with E-state index < -0.39 is 0 Å². The molecule has 0 aromatic heterocycles. The highest BCUT2D eigenvalue weighted by Crippen LogP contribution is 2.32. The molecule has 0 aliphatic heterocycles. The van der Waals surface area contributed by atoms with E-state index in [1.165, 1.54) is 0 Å². The summed E-state index contributed by atoms with van der Waals surface area (Å²) in [6.07, 6.45) is 3.80. The largest absolute Gasteiger partial charge is 0.394 e. The minimum atomic E-state index is -0.125. The standard InChI is InChI=1S/C8H14O.C2H6O2/c1-8(2)5-3-7(9)4-6-8;3-1-2-4/h3-6H2,1-2H3;3-4H,1-2H2. The van der Waals surface area contributed by atoms with E-state index in [1.807, 2.05) is 0 Å². The van der Waals surface area contributed by atoms with E-state index in [2.05, 4.69) is 13.8 Å². The fraction of sp³-hybridized carbons (Fsp3) is 0.900. The van der Waals surface area contributed by atoms with Crippen molar-refractivity contribution in [3.05, 3.63) is 0 Å². The molecule has 0 unspecified atom stereocenters. The third-order valence-electron chi connectivity index (χ3n) is 2.26. The van der Waals surface area contributed by atoms with Crippen LogP contribution in [0.15, 0.2) is 0 Å². The van der Waals surface area contributed by atoms with Crippen LogP contribution in [0.1, 0.15) is 39.5 Å². The molecule has 0 aromatic carbocycles. The van der Waals surface area contributed by atoms with Crippen molar-refractivity contribution < 1.29 is 15.0 Å². The Morgan fingerprint density at radius 2 is 1.54 bits per heavy atom. The number of ketones is 1. The van der Waals surface area contributed by atoms with Crippen molar-refractivity contribution >= 4 is 5.78 Å². The smallest absolute Gasteiger partial charge is 0.132 e. The van der Waals surface area contributed by atoms with Crippen molar-refractivity contribution in [1.82, 2.24) is 0 Å². The van der Waals surface area contributed by atoms with Crippen molar-refractivity contribution in [1.29, 1.82) is 0 Å². The van der Waals surface area contributed by atoms with Crippen LogP contribution in [0.4, 0.5) is 0 Å². The molecule has 0 amide bonds. The van der Waals surface area contributed by atoms with Gasteiger partial charge in [-0.2, -0.15) is 0 Å². The van der Waals surface area contributed by atoms with Crippen LogP contribution in [0.25, 0.3) is 0 Å². The molecule has 13 heavy (non-hydrogen) atoms. The summed E-state index contributed by atoms with van der Waals surface area (Å²) in [5.74, 6) is 0.453. The number of aliphatic hydroxyl groups is 2. The molecule has 0 atom stereocenters. The van der Waals surface area contributed by atoms with Crippen LogP contribution < -0.4 is 0 Å². The van der Waals surface area contributed by atoms with Crippen molar-refractivity contribution in [2.24, 2.45) is 5.41 Å². The third kappa shape index (κ3) is 6.72. The second kappa shape index (κ2) is 6.11. The average Bonchev–Trinajstić information content (AvgIpc) is 2.11. The van der Waals surface area contributed by atoms with Gasteiger partial charge in [-0.25, -0.2) is 0 Å². The Hall–Kier alpha value is -0.410. The summed E-state index contributed by atoms with van der Waals surface area (Å²) in [6.45, 7) is 4.22. The van der Waals surface area contributed by atoms with Crippen LogP contribution in [0.5, 0.6) is 0 Å². The number of hydrogen-bond acceptors (Lipinski definition) is 3. The summed E-state index contributed by atoms with van der Waals surface area (Å²) < 4.78 is 0. The van der Waals surface area contributed by atoms with E-state index in [0.717, 1.165) is 25.7 Å². The average molecular weight is 188 g/mol. The van der Waals surface area contributed by atoms with Gasteiger partial charge >= 0.3 is 0 Å². The lowest BCUT2D eigenvalue weighted by Gasteiger charge is -2.27. The topological polar surface area (TPSA) is 57.5 Å². The first-order valence-corrected chi connectivity index (χ1v) is 4.75. The number of aliphatic hydroxyl groups excluding tert-OH is 2. The Kier molecular flexibility index (Phi) is 5.91. The van der Waals surface area contributed by atoms with Gasteiger partial charge in [0.25, 0.3) is 0 Å². The number of carbonyl (C=O) groups is 1. The molecular weight excluding hydrogens is 168 g/mol. The fourth-order valence-electron chi connectivity index (χ4n) is 1.21. The molecule has 0 radical (unpaired) electrons. The summed E-state index contributed by atoms with van der Waals surface area (Å²) in [6, 6.07) is 0. The molecule has 0 bridgehead atoms. The highest BCUT2D eigenvalue weighted by Gasteiger charge is 2.24. The first-order chi connectivity index (χ1) is 6.02. The van der Waals surface area contributed by atoms with E-state index in [-0.39, 0.29) is 13.2 Å². The zero-order valence-corrected chi connectivity index (χ0v) is 8.55. The predicted molar refractivity (Wildman–Crippen MR) is 51.4 cm³/mol. The normalized spacial score (nSPS) is 20.5. The molecule has 3 nitrogen and oxygen atoms in total. The lowest BCUT2D eigenvalue weighted by atomic mass is 9.77. The maximum atomic E-state index is 10.8. The summed E-state index contributed by atoms with van der Waals surface area (Å²) in [5.41, 5.74) is 0.438. The number of Topliss-reactive ketones (excluding diaryl/α,β-unsaturated/α-hetero) is 1. The number of hydrogen-bond donors (Lipinski definition) is 2. The second-order valence-corrected chi connectivity index (χ2v) is 4.15.